The highest BCUT2D eigenvalue weighted by atomic mass is 79.9. The molecular weight excluding hydrogens is 273 g/mol. The summed E-state index contributed by atoms with van der Waals surface area (Å²) in [5.74, 6) is 0.582. The zero-order valence-electron chi connectivity index (χ0n) is 8.68. The highest BCUT2D eigenvalue weighted by Gasteiger charge is 2.13. The molecule has 0 aliphatic carbocycles. The van der Waals surface area contributed by atoms with Crippen LogP contribution in [0.3, 0.4) is 0 Å². The van der Waals surface area contributed by atoms with Crippen molar-refractivity contribution in [3.8, 4) is 0 Å². The van der Waals surface area contributed by atoms with Gasteiger partial charge >= 0.3 is 0 Å². The van der Waals surface area contributed by atoms with Crippen LogP contribution in [-0.2, 0) is 5.88 Å². The number of halogens is 2. The molecule has 0 unspecified atom stereocenters. The molecule has 0 radical (unpaired) electrons. The number of hydrogen-bond donors (Lipinski definition) is 0. The third-order valence-electron chi connectivity index (χ3n) is 2.86. The summed E-state index contributed by atoms with van der Waals surface area (Å²) in [5.41, 5.74) is 2.48. The average molecular weight is 289 g/mol. The van der Waals surface area contributed by atoms with Crippen molar-refractivity contribution in [1.29, 1.82) is 0 Å². The molecule has 1 aromatic carbocycles. The number of alkyl halides is 1. The standard InChI is InChI=1S/C12H15BrClN/c13-11-8-10(9-14)4-5-12(11)15-6-2-1-3-7-15/h4-5,8H,1-3,6-7,9H2. The van der Waals surface area contributed by atoms with Gasteiger partial charge in [-0.1, -0.05) is 6.07 Å². The monoisotopic (exact) mass is 287 g/mol. The average Bonchev–Trinajstić information content (AvgIpc) is 2.30. The minimum atomic E-state index is 0.582. The lowest BCUT2D eigenvalue weighted by molar-refractivity contribution is 0.577. The van der Waals surface area contributed by atoms with E-state index >= 15 is 0 Å². The minimum absolute atomic E-state index is 0.582. The van der Waals surface area contributed by atoms with Gasteiger partial charge < -0.3 is 4.90 Å². The third-order valence-corrected chi connectivity index (χ3v) is 3.81. The van der Waals surface area contributed by atoms with Crippen LogP contribution in [0.4, 0.5) is 5.69 Å². The second-order valence-corrected chi connectivity index (χ2v) is 5.09. The molecule has 2 rings (SSSR count). The van der Waals surface area contributed by atoms with Crippen LogP contribution >= 0.6 is 27.5 Å². The van der Waals surface area contributed by atoms with E-state index in [1.807, 2.05) is 0 Å². The summed E-state index contributed by atoms with van der Waals surface area (Å²) in [5, 5.41) is 0. The fraction of sp³-hybridized carbons (Fsp3) is 0.500. The summed E-state index contributed by atoms with van der Waals surface area (Å²) < 4.78 is 1.17. The molecule has 0 amide bonds. The third kappa shape index (κ3) is 2.67. The molecule has 3 heteroatoms. The topological polar surface area (TPSA) is 3.24 Å². The van der Waals surface area contributed by atoms with Crippen molar-refractivity contribution in [2.75, 3.05) is 18.0 Å². The van der Waals surface area contributed by atoms with Crippen LogP contribution in [0.2, 0.25) is 0 Å². The summed E-state index contributed by atoms with van der Waals surface area (Å²) in [7, 11) is 0. The Bertz CT molecular complexity index is 334. The summed E-state index contributed by atoms with van der Waals surface area (Å²) in [4.78, 5) is 2.45. The molecule has 0 bridgehead atoms. The minimum Gasteiger partial charge on any atom is -0.371 e. The summed E-state index contributed by atoms with van der Waals surface area (Å²) in [6.45, 7) is 2.36. The molecule has 0 spiro atoms. The first-order valence-electron chi connectivity index (χ1n) is 5.40. The lowest BCUT2D eigenvalue weighted by atomic mass is 10.1. The first-order valence-corrected chi connectivity index (χ1v) is 6.73. The van der Waals surface area contributed by atoms with Gasteiger partial charge in [-0.3, -0.25) is 0 Å². The van der Waals surface area contributed by atoms with E-state index < -0.39 is 0 Å². The molecule has 1 heterocycles. The number of rotatable bonds is 2. The number of nitrogens with zero attached hydrogens (tertiary/aromatic N) is 1. The zero-order valence-corrected chi connectivity index (χ0v) is 11.0. The van der Waals surface area contributed by atoms with Crippen LogP contribution in [0.1, 0.15) is 24.8 Å². The van der Waals surface area contributed by atoms with Crippen LogP contribution in [0.15, 0.2) is 22.7 Å². The highest BCUT2D eigenvalue weighted by molar-refractivity contribution is 9.10. The van der Waals surface area contributed by atoms with Crippen LogP contribution in [-0.4, -0.2) is 13.1 Å². The molecule has 82 valence electrons. The molecule has 1 aliphatic rings. The maximum atomic E-state index is 5.80. The largest absolute Gasteiger partial charge is 0.371 e. The van der Waals surface area contributed by atoms with Crippen LogP contribution in [0.5, 0.6) is 0 Å². The highest BCUT2D eigenvalue weighted by Crippen LogP contribution is 2.29. The van der Waals surface area contributed by atoms with E-state index in [1.165, 1.54) is 48.1 Å². The van der Waals surface area contributed by atoms with Crippen molar-refractivity contribution in [3.63, 3.8) is 0 Å². The van der Waals surface area contributed by atoms with Gasteiger partial charge in [-0.2, -0.15) is 0 Å². The van der Waals surface area contributed by atoms with Crippen molar-refractivity contribution < 1.29 is 0 Å². The summed E-state index contributed by atoms with van der Waals surface area (Å²) in [6.07, 6.45) is 3.99. The Morgan fingerprint density at radius 2 is 1.93 bits per heavy atom. The van der Waals surface area contributed by atoms with Crippen molar-refractivity contribution in [2.24, 2.45) is 0 Å². The van der Waals surface area contributed by atoms with E-state index in [9.17, 15) is 0 Å². The Balaban J connectivity index is 2.19. The van der Waals surface area contributed by atoms with Crippen molar-refractivity contribution in [3.05, 3.63) is 28.2 Å². The fourth-order valence-corrected chi connectivity index (χ4v) is 2.87. The molecule has 0 aromatic heterocycles. The second-order valence-electron chi connectivity index (χ2n) is 3.97. The van der Waals surface area contributed by atoms with Crippen LogP contribution in [0, 0.1) is 0 Å². The van der Waals surface area contributed by atoms with Gasteiger partial charge in [0.05, 0.1) is 5.69 Å². The lowest BCUT2D eigenvalue weighted by Gasteiger charge is -2.29. The predicted molar refractivity (Wildman–Crippen MR) is 69.8 cm³/mol. The number of benzene rings is 1. The fourth-order valence-electron chi connectivity index (χ4n) is 2.02. The van der Waals surface area contributed by atoms with E-state index in [1.54, 1.807) is 0 Å². The summed E-state index contributed by atoms with van der Waals surface area (Å²) in [6, 6.07) is 6.41. The maximum Gasteiger partial charge on any atom is 0.0510 e. The molecule has 1 fully saturated rings. The predicted octanol–water partition coefficient (Wildman–Crippen LogP) is 4.18. The molecule has 0 N–H and O–H groups in total. The van der Waals surface area contributed by atoms with Gasteiger partial charge in [0.15, 0.2) is 0 Å². The van der Waals surface area contributed by atoms with Gasteiger partial charge in [0.1, 0.15) is 0 Å². The maximum absolute atomic E-state index is 5.80. The Morgan fingerprint density at radius 1 is 1.20 bits per heavy atom. The van der Waals surface area contributed by atoms with Crippen molar-refractivity contribution in [2.45, 2.75) is 25.1 Å². The Hall–Kier alpha value is -0.210. The van der Waals surface area contributed by atoms with E-state index in [0.29, 0.717) is 5.88 Å². The smallest absolute Gasteiger partial charge is 0.0510 e. The molecule has 1 saturated heterocycles. The molecule has 0 saturated carbocycles. The molecule has 1 nitrogen and oxygen atoms in total. The summed E-state index contributed by atoms with van der Waals surface area (Å²) >= 11 is 9.43. The Kier molecular flexibility index (Phi) is 3.92. The molecule has 1 aromatic rings. The van der Waals surface area contributed by atoms with Gasteiger partial charge in [-0.25, -0.2) is 0 Å². The number of hydrogen-bond acceptors (Lipinski definition) is 1. The first kappa shape index (κ1) is 11.3. The number of anilines is 1. The van der Waals surface area contributed by atoms with Crippen LogP contribution < -0.4 is 4.90 Å². The van der Waals surface area contributed by atoms with E-state index in [-0.39, 0.29) is 0 Å². The van der Waals surface area contributed by atoms with Gasteiger partial charge in [0.25, 0.3) is 0 Å². The Labute approximate surface area is 105 Å². The lowest BCUT2D eigenvalue weighted by Crippen LogP contribution is -2.29. The number of piperidine rings is 1. The second kappa shape index (κ2) is 5.22. The zero-order chi connectivity index (χ0) is 10.7. The molecule has 1 aliphatic heterocycles. The van der Waals surface area contributed by atoms with E-state index in [0.717, 1.165) is 0 Å². The first-order chi connectivity index (χ1) is 7.31. The van der Waals surface area contributed by atoms with Gasteiger partial charge in [-0.15, -0.1) is 11.6 Å². The van der Waals surface area contributed by atoms with Gasteiger partial charge in [0, 0.05) is 23.4 Å². The van der Waals surface area contributed by atoms with Gasteiger partial charge in [-0.05, 0) is 52.9 Å². The molecule has 15 heavy (non-hydrogen) atoms. The van der Waals surface area contributed by atoms with Crippen molar-refractivity contribution in [1.82, 2.24) is 0 Å². The van der Waals surface area contributed by atoms with E-state index in [4.69, 9.17) is 11.6 Å². The molecular formula is C12H15BrClN. The van der Waals surface area contributed by atoms with Gasteiger partial charge in [0.2, 0.25) is 0 Å². The SMILES string of the molecule is ClCc1ccc(N2CCCCC2)c(Br)c1. The van der Waals surface area contributed by atoms with Crippen LogP contribution in [0.25, 0.3) is 0 Å². The Morgan fingerprint density at radius 3 is 2.53 bits per heavy atom. The normalized spacial score (nSPS) is 16.8. The van der Waals surface area contributed by atoms with Crippen molar-refractivity contribution >= 4 is 33.2 Å². The van der Waals surface area contributed by atoms with E-state index in [2.05, 4.69) is 39.0 Å². The quantitative estimate of drug-likeness (QED) is 0.738. The molecule has 0 atom stereocenters.